The quantitative estimate of drug-likeness (QED) is 0.856. The van der Waals surface area contributed by atoms with Crippen molar-refractivity contribution in [2.45, 2.75) is 18.6 Å². The van der Waals surface area contributed by atoms with Crippen LogP contribution in [0.25, 0.3) is 0 Å². The molecule has 136 valence electrons. The molecule has 2 rings (SSSR count). The second kappa shape index (κ2) is 7.94. The zero-order chi connectivity index (χ0) is 17.7. The van der Waals surface area contributed by atoms with Gasteiger partial charge < -0.3 is 19.5 Å². The van der Waals surface area contributed by atoms with Crippen LogP contribution in [0, 0.1) is 0 Å². The summed E-state index contributed by atoms with van der Waals surface area (Å²) in [6.07, 6.45) is -5.27. The van der Waals surface area contributed by atoms with E-state index in [1.165, 1.54) is 21.3 Å². The summed E-state index contributed by atoms with van der Waals surface area (Å²) in [5.74, 6) is 1.14. The molecule has 0 unspecified atom stereocenters. The molecule has 0 spiro atoms. The molecule has 24 heavy (non-hydrogen) atoms. The van der Waals surface area contributed by atoms with Crippen LogP contribution in [0.3, 0.4) is 0 Å². The van der Waals surface area contributed by atoms with Gasteiger partial charge in [-0.05, 0) is 0 Å². The minimum absolute atomic E-state index is 0.332. The van der Waals surface area contributed by atoms with E-state index in [-0.39, 0.29) is 0 Å². The first-order chi connectivity index (χ1) is 11.4. The molecule has 1 aromatic carbocycles. The molecule has 1 aromatic rings. The number of hydrogen-bond acceptors (Lipinski definition) is 5. The predicted molar refractivity (Wildman–Crippen MR) is 84.0 cm³/mol. The van der Waals surface area contributed by atoms with Gasteiger partial charge in [-0.15, -0.1) is 0 Å². The average Bonchev–Trinajstić information content (AvgIpc) is 2.58. The molecule has 0 amide bonds. The van der Waals surface area contributed by atoms with Gasteiger partial charge in [0, 0.05) is 38.3 Å². The molecule has 1 saturated heterocycles. The maximum atomic E-state index is 13.2. The molecule has 0 aliphatic carbocycles. The lowest BCUT2D eigenvalue weighted by Gasteiger charge is -2.36. The van der Waals surface area contributed by atoms with E-state index >= 15 is 0 Å². The summed E-state index contributed by atoms with van der Waals surface area (Å²) in [5, 5.41) is 3.15. The first-order valence-electron chi connectivity index (χ1n) is 7.71. The van der Waals surface area contributed by atoms with Crippen LogP contribution in [0.1, 0.15) is 18.0 Å². The number of ether oxygens (including phenoxy) is 3. The molecule has 1 heterocycles. The van der Waals surface area contributed by atoms with E-state index < -0.39 is 18.6 Å². The van der Waals surface area contributed by atoms with Crippen molar-refractivity contribution >= 4 is 0 Å². The summed E-state index contributed by atoms with van der Waals surface area (Å²) < 4.78 is 55.5. The van der Waals surface area contributed by atoms with E-state index in [4.69, 9.17) is 14.2 Å². The number of halogens is 3. The summed E-state index contributed by atoms with van der Waals surface area (Å²) in [5.41, 5.74) is 0.403. The summed E-state index contributed by atoms with van der Waals surface area (Å²) in [6, 6.07) is 2.30. The molecular formula is C16H23F3N2O3. The molecule has 1 aliphatic heterocycles. The van der Waals surface area contributed by atoms with Crippen LogP contribution in [-0.2, 0) is 0 Å². The van der Waals surface area contributed by atoms with Crippen molar-refractivity contribution in [1.29, 1.82) is 0 Å². The largest absolute Gasteiger partial charge is 0.496 e. The molecule has 1 aliphatic rings. The van der Waals surface area contributed by atoms with E-state index in [2.05, 4.69) is 5.32 Å². The van der Waals surface area contributed by atoms with Gasteiger partial charge in [0.2, 0.25) is 0 Å². The Kier molecular flexibility index (Phi) is 6.17. The summed E-state index contributed by atoms with van der Waals surface area (Å²) in [6.45, 7) is 2.35. The third-order valence-corrected chi connectivity index (χ3v) is 4.10. The lowest BCUT2D eigenvalue weighted by atomic mass is 9.98. The Morgan fingerprint density at radius 2 is 1.58 bits per heavy atom. The zero-order valence-electron chi connectivity index (χ0n) is 14.1. The molecule has 0 aromatic heterocycles. The van der Waals surface area contributed by atoms with Crippen molar-refractivity contribution in [3.63, 3.8) is 0 Å². The third kappa shape index (κ3) is 4.45. The first-order valence-corrected chi connectivity index (χ1v) is 7.71. The minimum Gasteiger partial charge on any atom is -0.496 e. The van der Waals surface area contributed by atoms with Crippen molar-refractivity contribution < 1.29 is 27.4 Å². The average molecular weight is 348 g/mol. The number of methoxy groups -OCH3 is 3. The standard InChI is InChI=1S/C16H23F3N2O3/c1-22-11-8-13(23-2)15(14(9-11)24-3)12(10-16(17,18)19)21-6-4-20-5-7-21/h8-9,12,20H,4-7,10H2,1-3H3/t12-/m0/s1. The maximum Gasteiger partial charge on any atom is 0.390 e. The Bertz CT molecular complexity index is 521. The van der Waals surface area contributed by atoms with Gasteiger partial charge in [0.1, 0.15) is 17.2 Å². The first kappa shape index (κ1) is 18.7. The van der Waals surface area contributed by atoms with Gasteiger partial charge in [0.25, 0.3) is 0 Å². The van der Waals surface area contributed by atoms with Crippen molar-refractivity contribution in [1.82, 2.24) is 10.2 Å². The second-order valence-electron chi connectivity index (χ2n) is 5.57. The number of rotatable bonds is 6. The molecule has 0 radical (unpaired) electrons. The summed E-state index contributed by atoms with van der Waals surface area (Å²) in [7, 11) is 4.34. The maximum absolute atomic E-state index is 13.2. The number of hydrogen-bond donors (Lipinski definition) is 1. The highest BCUT2D eigenvalue weighted by molar-refractivity contribution is 5.52. The number of piperazine rings is 1. The lowest BCUT2D eigenvalue weighted by molar-refractivity contribution is -0.149. The second-order valence-corrected chi connectivity index (χ2v) is 5.57. The fraction of sp³-hybridized carbons (Fsp3) is 0.625. The Morgan fingerprint density at radius 1 is 1.04 bits per heavy atom. The highest BCUT2D eigenvalue weighted by atomic mass is 19.4. The number of nitrogens with zero attached hydrogens (tertiary/aromatic N) is 1. The van der Waals surface area contributed by atoms with Crippen LogP contribution in [0.5, 0.6) is 17.2 Å². The van der Waals surface area contributed by atoms with Gasteiger partial charge in [-0.1, -0.05) is 0 Å². The fourth-order valence-corrected chi connectivity index (χ4v) is 2.99. The molecular weight excluding hydrogens is 325 g/mol. The summed E-state index contributed by atoms with van der Waals surface area (Å²) in [4.78, 5) is 1.82. The normalized spacial score (nSPS) is 17.4. The van der Waals surface area contributed by atoms with E-state index in [1.54, 1.807) is 12.1 Å². The summed E-state index contributed by atoms with van der Waals surface area (Å²) >= 11 is 0. The molecule has 0 saturated carbocycles. The molecule has 8 heteroatoms. The van der Waals surface area contributed by atoms with Gasteiger partial charge in [-0.3, -0.25) is 4.90 Å². The van der Waals surface area contributed by atoms with Crippen molar-refractivity contribution in [3.05, 3.63) is 17.7 Å². The molecule has 1 fully saturated rings. The van der Waals surface area contributed by atoms with Crippen LogP contribution in [-0.4, -0.2) is 58.6 Å². The van der Waals surface area contributed by atoms with Gasteiger partial charge in [0.15, 0.2) is 0 Å². The van der Waals surface area contributed by atoms with Crippen LogP contribution in [0.2, 0.25) is 0 Å². The van der Waals surface area contributed by atoms with Crippen molar-refractivity contribution in [2.75, 3.05) is 47.5 Å². The Balaban J connectivity index is 2.50. The van der Waals surface area contributed by atoms with E-state index in [9.17, 15) is 13.2 Å². The zero-order valence-corrected chi connectivity index (χ0v) is 14.1. The molecule has 0 bridgehead atoms. The van der Waals surface area contributed by atoms with E-state index in [0.29, 0.717) is 49.0 Å². The number of benzene rings is 1. The van der Waals surface area contributed by atoms with Gasteiger partial charge in [-0.25, -0.2) is 0 Å². The van der Waals surface area contributed by atoms with Gasteiger partial charge in [-0.2, -0.15) is 13.2 Å². The topological polar surface area (TPSA) is 43.0 Å². The number of nitrogens with one attached hydrogen (secondary N) is 1. The highest BCUT2D eigenvalue weighted by Gasteiger charge is 2.38. The highest BCUT2D eigenvalue weighted by Crippen LogP contribution is 2.44. The Morgan fingerprint density at radius 3 is 2.00 bits per heavy atom. The molecule has 5 nitrogen and oxygen atoms in total. The minimum atomic E-state index is -4.30. The Hall–Kier alpha value is -1.67. The van der Waals surface area contributed by atoms with Crippen molar-refractivity contribution in [3.8, 4) is 17.2 Å². The van der Waals surface area contributed by atoms with Gasteiger partial charge >= 0.3 is 6.18 Å². The number of alkyl halides is 3. The SMILES string of the molecule is COc1cc(OC)c([C@H](CC(F)(F)F)N2CCNCC2)c(OC)c1. The van der Waals surface area contributed by atoms with Gasteiger partial charge in [0.05, 0.1) is 39.4 Å². The monoisotopic (exact) mass is 348 g/mol. The smallest absolute Gasteiger partial charge is 0.390 e. The molecule has 1 N–H and O–H groups in total. The van der Waals surface area contributed by atoms with Crippen LogP contribution >= 0.6 is 0 Å². The van der Waals surface area contributed by atoms with Crippen LogP contribution in [0.15, 0.2) is 12.1 Å². The van der Waals surface area contributed by atoms with Crippen LogP contribution in [0.4, 0.5) is 13.2 Å². The third-order valence-electron chi connectivity index (χ3n) is 4.10. The van der Waals surface area contributed by atoms with E-state index in [0.717, 1.165) is 0 Å². The predicted octanol–water partition coefficient (Wildman–Crippen LogP) is 2.61. The van der Waals surface area contributed by atoms with E-state index in [1.807, 2.05) is 4.90 Å². The van der Waals surface area contributed by atoms with Crippen molar-refractivity contribution in [2.24, 2.45) is 0 Å². The molecule has 1 atom stereocenters. The Labute approximate surface area is 139 Å². The van der Waals surface area contributed by atoms with Crippen LogP contribution < -0.4 is 19.5 Å². The lowest BCUT2D eigenvalue weighted by Crippen LogP contribution is -2.46. The fourth-order valence-electron chi connectivity index (χ4n) is 2.99.